The van der Waals surface area contributed by atoms with Gasteiger partial charge in [-0.3, -0.25) is 0 Å². The van der Waals surface area contributed by atoms with Gasteiger partial charge in [0.25, 0.3) is 0 Å². The van der Waals surface area contributed by atoms with E-state index in [2.05, 4.69) is 15.9 Å². The fourth-order valence-corrected chi connectivity index (χ4v) is 0. The molecule has 0 radical (unpaired) electrons. The van der Waals surface area contributed by atoms with Gasteiger partial charge in [0.05, 0.1) is 0 Å². The minimum Gasteiger partial charge on any atom is -0.0925 e. The van der Waals surface area contributed by atoms with Crippen LogP contribution in [0.3, 0.4) is 0 Å². The zero-order valence-electron chi connectivity index (χ0n) is 7.09. The summed E-state index contributed by atoms with van der Waals surface area (Å²) in [7, 11) is 0. The van der Waals surface area contributed by atoms with Gasteiger partial charge in [0.15, 0.2) is 0 Å². The molecular weight excluding hydrogens is 128 g/mol. The summed E-state index contributed by atoms with van der Waals surface area (Å²) in [5.41, 5.74) is 0. The molecule has 0 aromatic heterocycles. The van der Waals surface area contributed by atoms with Gasteiger partial charge >= 0.3 is 0 Å². The lowest BCUT2D eigenvalue weighted by Gasteiger charge is -1.88. The van der Waals surface area contributed by atoms with Gasteiger partial charge in [-0.2, -0.15) is 0 Å². The molecule has 32 valence electrons. The third-order valence-corrected chi connectivity index (χ3v) is 1.04. The van der Waals surface area contributed by atoms with Crippen molar-refractivity contribution in [2.75, 3.05) is 5.33 Å². The minimum absolute atomic E-state index is 0.177. The average Bonchev–Trinajstić information content (AvgIpc) is 1.64. The van der Waals surface area contributed by atoms with Crippen LogP contribution in [-0.2, 0) is 0 Å². The standard InChI is InChI=1S/C4H9Br/c1-4(2)3-5/h4H,3H2,1-2H3/i1D3,4D. The van der Waals surface area contributed by atoms with Crippen molar-refractivity contribution in [2.45, 2.75) is 13.8 Å². The molecule has 0 fully saturated rings. The van der Waals surface area contributed by atoms with E-state index in [1.54, 1.807) is 0 Å². The lowest BCUT2D eigenvalue weighted by Crippen LogP contribution is -1.82. The van der Waals surface area contributed by atoms with Crippen molar-refractivity contribution in [3.05, 3.63) is 0 Å². The second kappa shape index (κ2) is 2.70. The predicted molar refractivity (Wildman–Crippen MR) is 28.6 cm³/mol. The Balaban J connectivity index is 4.14. The molecule has 0 saturated heterocycles. The molecule has 0 aliphatic rings. The molecule has 0 aliphatic carbocycles. The molecule has 0 aromatic rings. The quantitative estimate of drug-likeness (QED) is 0.490. The molecule has 1 heteroatoms. The number of halogens is 1. The summed E-state index contributed by atoms with van der Waals surface area (Å²) in [6, 6.07) is 0. The zero-order chi connectivity index (χ0) is 7.71. The van der Waals surface area contributed by atoms with Gasteiger partial charge in [0.2, 0.25) is 0 Å². The van der Waals surface area contributed by atoms with Gasteiger partial charge in [0.1, 0.15) is 0 Å². The van der Waals surface area contributed by atoms with Crippen LogP contribution >= 0.6 is 15.9 Å². The third-order valence-electron chi connectivity index (χ3n) is 0.200. The fourth-order valence-electron chi connectivity index (χ4n) is 0. The van der Waals surface area contributed by atoms with Crippen LogP contribution < -0.4 is 0 Å². The Bertz CT molecular complexity index is 95.2. The lowest BCUT2D eigenvalue weighted by molar-refractivity contribution is 0.756. The maximum Gasteiger partial charge on any atom is 0.0306 e. The van der Waals surface area contributed by atoms with Crippen molar-refractivity contribution in [2.24, 2.45) is 5.89 Å². The SMILES string of the molecule is [2H]C([2H])([2H])C([2H])(C)CBr. The lowest BCUT2D eigenvalue weighted by atomic mass is 10.3. The van der Waals surface area contributed by atoms with Crippen LogP contribution in [0, 0.1) is 5.89 Å². The number of hydrogen-bond acceptors (Lipinski definition) is 0. The van der Waals surface area contributed by atoms with Crippen LogP contribution in [0.2, 0.25) is 0 Å². The van der Waals surface area contributed by atoms with Crippen LogP contribution in [0.15, 0.2) is 0 Å². The van der Waals surface area contributed by atoms with Crippen LogP contribution in [-0.4, -0.2) is 5.33 Å². The molecule has 0 bridgehead atoms. The first-order chi connectivity index (χ1) is 3.81. The Hall–Kier alpha value is 0.480. The van der Waals surface area contributed by atoms with Crippen LogP contribution in [0.5, 0.6) is 0 Å². The summed E-state index contributed by atoms with van der Waals surface area (Å²) >= 11 is 2.96. The van der Waals surface area contributed by atoms with Gasteiger partial charge in [-0.15, -0.1) is 0 Å². The molecule has 5 heavy (non-hydrogen) atoms. The van der Waals surface area contributed by atoms with E-state index < -0.39 is 12.7 Å². The second-order valence-corrected chi connectivity index (χ2v) is 1.47. The smallest absolute Gasteiger partial charge is 0.0306 e. The van der Waals surface area contributed by atoms with Crippen molar-refractivity contribution < 1.29 is 5.48 Å². The Kier molecular flexibility index (Phi) is 0.827. The molecule has 0 aromatic carbocycles. The Morgan fingerprint density at radius 3 is 3.00 bits per heavy atom. The maximum absolute atomic E-state index is 7.22. The molecule has 0 N–H and O–H groups in total. The first-order valence-corrected chi connectivity index (χ1v) is 2.49. The Morgan fingerprint density at radius 1 is 2.40 bits per heavy atom. The number of rotatable bonds is 1. The monoisotopic (exact) mass is 140 g/mol. The second-order valence-electron chi connectivity index (χ2n) is 0.914. The van der Waals surface area contributed by atoms with Gasteiger partial charge in [0, 0.05) is 10.8 Å². The van der Waals surface area contributed by atoms with E-state index in [4.69, 9.17) is 5.48 Å². The summed E-state index contributed by atoms with van der Waals surface area (Å²) < 4.78 is 27.8. The minimum atomic E-state index is -2.18. The zero-order valence-corrected chi connectivity index (χ0v) is 4.67. The first-order valence-electron chi connectivity index (χ1n) is 3.37. The molecular formula is C4H9Br. The summed E-state index contributed by atoms with van der Waals surface area (Å²) in [5.74, 6) is -1.35. The fraction of sp³-hybridized carbons (Fsp3) is 1.00. The topological polar surface area (TPSA) is 0 Å². The van der Waals surface area contributed by atoms with E-state index in [9.17, 15) is 0 Å². The van der Waals surface area contributed by atoms with E-state index in [0.29, 0.717) is 0 Å². The molecule has 0 rings (SSSR count). The predicted octanol–water partition coefficient (Wildman–Crippen LogP) is 2.04. The molecule has 0 amide bonds. The van der Waals surface area contributed by atoms with E-state index in [1.807, 2.05) is 0 Å². The van der Waals surface area contributed by atoms with Gasteiger partial charge in [-0.05, 0) is 5.89 Å². The Labute approximate surface area is 47.3 Å². The van der Waals surface area contributed by atoms with Crippen molar-refractivity contribution in [1.82, 2.24) is 0 Å². The molecule has 1 atom stereocenters. The van der Waals surface area contributed by atoms with Crippen molar-refractivity contribution >= 4 is 15.9 Å². The molecule has 0 spiro atoms. The number of hydrogen-bond donors (Lipinski definition) is 0. The molecule has 1 unspecified atom stereocenters. The van der Waals surface area contributed by atoms with Crippen molar-refractivity contribution in [3.8, 4) is 0 Å². The highest BCUT2D eigenvalue weighted by molar-refractivity contribution is 9.09. The van der Waals surface area contributed by atoms with Gasteiger partial charge < -0.3 is 0 Å². The Morgan fingerprint density at radius 2 is 3.00 bits per heavy atom. The van der Waals surface area contributed by atoms with E-state index in [0.717, 1.165) is 0 Å². The molecule has 0 nitrogen and oxygen atoms in total. The summed E-state index contributed by atoms with van der Waals surface area (Å²) in [4.78, 5) is 0. The summed E-state index contributed by atoms with van der Waals surface area (Å²) in [6.45, 7) is -0.800. The first kappa shape index (κ1) is 1.53. The van der Waals surface area contributed by atoms with Crippen LogP contribution in [0.1, 0.15) is 19.3 Å². The summed E-state index contributed by atoms with van der Waals surface area (Å²) in [6.07, 6.45) is 0. The molecule has 0 heterocycles. The van der Waals surface area contributed by atoms with Gasteiger partial charge in [-0.1, -0.05) is 29.7 Å². The van der Waals surface area contributed by atoms with Crippen LogP contribution in [0.4, 0.5) is 0 Å². The van der Waals surface area contributed by atoms with Crippen molar-refractivity contribution in [3.63, 3.8) is 0 Å². The third kappa shape index (κ3) is 4.48. The van der Waals surface area contributed by atoms with E-state index in [1.165, 1.54) is 6.92 Å². The van der Waals surface area contributed by atoms with Crippen molar-refractivity contribution in [1.29, 1.82) is 0 Å². The highest BCUT2D eigenvalue weighted by Crippen LogP contribution is 1.94. The normalized spacial score (nSPS) is 35.6. The molecule has 0 aliphatic heterocycles. The summed E-state index contributed by atoms with van der Waals surface area (Å²) in [5, 5.41) is 0.177. The highest BCUT2D eigenvalue weighted by Gasteiger charge is 1.81. The van der Waals surface area contributed by atoms with Gasteiger partial charge in [-0.25, -0.2) is 0 Å². The van der Waals surface area contributed by atoms with E-state index in [-0.39, 0.29) is 5.33 Å². The van der Waals surface area contributed by atoms with E-state index >= 15 is 0 Å². The highest BCUT2D eigenvalue weighted by atomic mass is 79.9. The van der Waals surface area contributed by atoms with Crippen LogP contribution in [0.25, 0.3) is 0 Å². The average molecular weight is 141 g/mol. The maximum atomic E-state index is 7.22. The molecule has 0 saturated carbocycles. The number of alkyl halides is 1. The largest absolute Gasteiger partial charge is 0.0925 e.